The molecule has 0 aliphatic carbocycles. The van der Waals surface area contributed by atoms with Crippen LogP contribution >= 0.6 is 0 Å². The molecule has 0 heterocycles. The summed E-state index contributed by atoms with van der Waals surface area (Å²) in [5.74, 6) is -0.915. The molecule has 0 fully saturated rings. The normalized spacial score (nSPS) is 13.0. The van der Waals surface area contributed by atoms with Crippen molar-refractivity contribution in [3.05, 3.63) is 122 Å². The van der Waals surface area contributed by atoms with Gasteiger partial charge in [0.05, 0.1) is 0 Å². The van der Waals surface area contributed by atoms with Crippen molar-refractivity contribution in [1.29, 1.82) is 0 Å². The van der Waals surface area contributed by atoms with Crippen molar-refractivity contribution < 1.29 is 28.6 Å². The molecule has 0 saturated carbocycles. The smallest absolute Gasteiger partial charge is 0.306 e. The maximum Gasteiger partial charge on any atom is 0.306 e. The Morgan fingerprint density at radius 2 is 0.542 bits per heavy atom. The summed E-state index contributed by atoms with van der Waals surface area (Å²) < 4.78 is 16.8. The van der Waals surface area contributed by atoms with Gasteiger partial charge in [-0.3, -0.25) is 14.4 Å². The molecule has 0 aliphatic rings. The predicted molar refractivity (Wildman–Crippen MR) is 311 cm³/mol. The Morgan fingerprint density at radius 1 is 0.292 bits per heavy atom. The Morgan fingerprint density at radius 3 is 0.847 bits per heavy atom. The second-order valence-electron chi connectivity index (χ2n) is 19.1. The van der Waals surface area contributed by atoms with E-state index in [4.69, 9.17) is 14.2 Å². The third kappa shape index (κ3) is 56.7. The molecule has 0 radical (unpaired) electrons. The minimum atomic E-state index is -0.787. The Hall–Kier alpha value is -4.19. The molecule has 0 bridgehead atoms. The first kappa shape index (κ1) is 67.8. The first-order chi connectivity index (χ1) is 35.5. The molecule has 0 aromatic rings. The van der Waals surface area contributed by atoms with Crippen molar-refractivity contribution in [2.24, 2.45) is 0 Å². The van der Waals surface area contributed by atoms with Crippen LogP contribution in [0.2, 0.25) is 0 Å². The Kier molecular flexibility index (Phi) is 55.9. The van der Waals surface area contributed by atoms with E-state index in [9.17, 15) is 14.4 Å². The van der Waals surface area contributed by atoms with E-state index in [0.29, 0.717) is 19.3 Å². The van der Waals surface area contributed by atoms with E-state index in [1.165, 1.54) is 83.5 Å². The van der Waals surface area contributed by atoms with E-state index >= 15 is 0 Å². The van der Waals surface area contributed by atoms with Gasteiger partial charge in [0.15, 0.2) is 6.10 Å². The highest BCUT2D eigenvalue weighted by atomic mass is 16.6. The highest BCUT2D eigenvalue weighted by Gasteiger charge is 2.19. The number of hydrogen-bond acceptors (Lipinski definition) is 6. The summed E-state index contributed by atoms with van der Waals surface area (Å²) in [5, 5.41) is 0. The van der Waals surface area contributed by atoms with Crippen molar-refractivity contribution >= 4 is 17.9 Å². The van der Waals surface area contributed by atoms with Crippen molar-refractivity contribution in [1.82, 2.24) is 0 Å². The molecule has 72 heavy (non-hydrogen) atoms. The fourth-order valence-electron chi connectivity index (χ4n) is 7.85. The molecule has 1 atom stereocenters. The van der Waals surface area contributed by atoms with Crippen molar-refractivity contribution in [2.75, 3.05) is 13.2 Å². The van der Waals surface area contributed by atoms with Gasteiger partial charge in [-0.15, -0.1) is 0 Å². The van der Waals surface area contributed by atoms with E-state index in [1.54, 1.807) is 0 Å². The average Bonchev–Trinajstić information content (AvgIpc) is 3.38. The summed E-state index contributed by atoms with van der Waals surface area (Å²) in [6.07, 6.45) is 82.2. The molecule has 6 heteroatoms. The Labute approximate surface area is 443 Å². The molecular weight excluding hydrogens is 889 g/mol. The first-order valence-corrected chi connectivity index (χ1v) is 29.5. The third-order valence-corrected chi connectivity index (χ3v) is 12.2. The van der Waals surface area contributed by atoms with Gasteiger partial charge >= 0.3 is 17.9 Å². The van der Waals surface area contributed by atoms with E-state index in [0.717, 1.165) is 135 Å². The minimum Gasteiger partial charge on any atom is -0.462 e. The summed E-state index contributed by atoms with van der Waals surface area (Å²) in [6, 6.07) is 0. The molecule has 408 valence electrons. The molecule has 6 nitrogen and oxygen atoms in total. The second-order valence-corrected chi connectivity index (χ2v) is 19.1. The number of hydrogen-bond donors (Lipinski definition) is 0. The van der Waals surface area contributed by atoms with Crippen LogP contribution in [-0.2, 0) is 28.6 Å². The zero-order chi connectivity index (χ0) is 52.2. The van der Waals surface area contributed by atoms with Crippen LogP contribution in [-0.4, -0.2) is 37.2 Å². The fourth-order valence-corrected chi connectivity index (χ4v) is 7.85. The molecular formula is C66H108O6. The molecule has 0 spiro atoms. The summed E-state index contributed by atoms with van der Waals surface area (Å²) in [4.78, 5) is 37.9. The van der Waals surface area contributed by atoms with E-state index in [2.05, 4.69) is 142 Å². The van der Waals surface area contributed by atoms with Crippen LogP contribution in [0.5, 0.6) is 0 Å². The van der Waals surface area contributed by atoms with E-state index < -0.39 is 6.10 Å². The minimum absolute atomic E-state index is 0.0866. The van der Waals surface area contributed by atoms with Crippen LogP contribution in [0.3, 0.4) is 0 Å². The number of esters is 3. The fraction of sp³-hybridized carbons (Fsp3) is 0.652. The topological polar surface area (TPSA) is 78.9 Å². The van der Waals surface area contributed by atoms with E-state index in [1.807, 2.05) is 0 Å². The van der Waals surface area contributed by atoms with Gasteiger partial charge in [-0.1, -0.05) is 251 Å². The molecule has 0 aliphatic heterocycles. The lowest BCUT2D eigenvalue weighted by molar-refractivity contribution is -0.167. The Bertz CT molecular complexity index is 1520. The molecule has 0 amide bonds. The van der Waals surface area contributed by atoms with Crippen LogP contribution in [0, 0.1) is 0 Å². The van der Waals surface area contributed by atoms with Crippen molar-refractivity contribution in [2.45, 2.75) is 264 Å². The van der Waals surface area contributed by atoms with Crippen LogP contribution in [0.4, 0.5) is 0 Å². The number of carbonyl (C=O) groups excluding carboxylic acids is 3. The standard InChI is InChI=1S/C66H108O6/c1-4-7-10-13-16-18-20-22-24-26-28-30-32-33-35-36-38-40-42-44-46-48-50-53-56-59-65(68)71-62-63(61-70-64(67)58-55-52-15-12-9-6-3)72-66(69)60-57-54-51-49-47-45-43-41-39-37-34-31-29-27-25-23-21-19-17-14-11-8-5-2/h7-8,10-11,16-19,22-25,28-31,33,35,37,39,63H,4-6,9,12-15,20-21,26-27,32,34,36,38,40-62H2,1-3H3/b10-7-,11-8-,18-16-,19-17-,24-22-,25-23-,30-28-,31-29-,35-33-,39-37-. The SMILES string of the molecule is CC/C=C\C/C=C\C/C=C\C/C=C\C/C=C\CCCCCCCCCCCC(=O)OCC(COC(=O)CCCCCCCC)OC(=O)CCCCCCCCC/C=C\C/C=C\C/C=C\C/C=C\C/C=C\CC. The average molecular weight is 998 g/mol. The van der Waals surface area contributed by atoms with Gasteiger partial charge in [0.25, 0.3) is 0 Å². The summed E-state index contributed by atoms with van der Waals surface area (Å²) in [7, 11) is 0. The van der Waals surface area contributed by atoms with E-state index in [-0.39, 0.29) is 31.1 Å². The zero-order valence-corrected chi connectivity index (χ0v) is 46.7. The maximum atomic E-state index is 12.8. The van der Waals surface area contributed by atoms with Crippen LogP contribution in [0.1, 0.15) is 258 Å². The Balaban J connectivity index is 4.19. The number of ether oxygens (including phenoxy) is 3. The number of unbranched alkanes of at least 4 members (excludes halogenated alkanes) is 21. The largest absolute Gasteiger partial charge is 0.462 e. The van der Waals surface area contributed by atoms with Gasteiger partial charge in [0.2, 0.25) is 0 Å². The van der Waals surface area contributed by atoms with Crippen LogP contribution in [0.15, 0.2) is 122 Å². The number of rotatable bonds is 52. The van der Waals surface area contributed by atoms with Gasteiger partial charge in [-0.2, -0.15) is 0 Å². The first-order valence-electron chi connectivity index (χ1n) is 29.5. The van der Waals surface area contributed by atoms with Gasteiger partial charge in [0, 0.05) is 19.3 Å². The molecule has 1 unspecified atom stereocenters. The predicted octanol–water partition coefficient (Wildman–Crippen LogP) is 20.0. The van der Waals surface area contributed by atoms with Crippen molar-refractivity contribution in [3.63, 3.8) is 0 Å². The van der Waals surface area contributed by atoms with Crippen LogP contribution < -0.4 is 0 Å². The third-order valence-electron chi connectivity index (χ3n) is 12.2. The van der Waals surface area contributed by atoms with Crippen LogP contribution in [0.25, 0.3) is 0 Å². The zero-order valence-electron chi connectivity index (χ0n) is 46.7. The molecule has 0 saturated heterocycles. The lowest BCUT2D eigenvalue weighted by atomic mass is 10.1. The lowest BCUT2D eigenvalue weighted by Crippen LogP contribution is -2.30. The lowest BCUT2D eigenvalue weighted by Gasteiger charge is -2.18. The number of carbonyl (C=O) groups is 3. The highest BCUT2D eigenvalue weighted by molar-refractivity contribution is 5.71. The monoisotopic (exact) mass is 997 g/mol. The summed E-state index contributed by atoms with van der Waals surface area (Å²) >= 11 is 0. The highest BCUT2D eigenvalue weighted by Crippen LogP contribution is 2.15. The molecule has 0 aromatic heterocycles. The van der Waals surface area contributed by atoms with Gasteiger partial charge in [0.1, 0.15) is 13.2 Å². The summed E-state index contributed by atoms with van der Waals surface area (Å²) in [6.45, 7) is 6.34. The molecule has 0 rings (SSSR count). The van der Waals surface area contributed by atoms with Gasteiger partial charge < -0.3 is 14.2 Å². The van der Waals surface area contributed by atoms with Crippen molar-refractivity contribution in [3.8, 4) is 0 Å². The molecule has 0 aromatic carbocycles. The maximum absolute atomic E-state index is 12.8. The number of allylic oxidation sites excluding steroid dienone is 20. The molecule has 0 N–H and O–H groups in total. The quantitative estimate of drug-likeness (QED) is 0.0261. The van der Waals surface area contributed by atoms with Gasteiger partial charge in [-0.25, -0.2) is 0 Å². The second kappa shape index (κ2) is 59.4. The van der Waals surface area contributed by atoms with Gasteiger partial charge in [-0.05, 0) is 109 Å². The summed E-state index contributed by atoms with van der Waals surface area (Å²) in [5.41, 5.74) is 0.